The van der Waals surface area contributed by atoms with E-state index in [1.807, 2.05) is 41.8 Å². The molecule has 3 rings (SSSR count). The van der Waals surface area contributed by atoms with E-state index in [1.165, 1.54) is 29.3 Å². The molecule has 0 saturated heterocycles. The first-order chi connectivity index (χ1) is 12.2. The van der Waals surface area contributed by atoms with Gasteiger partial charge >= 0.3 is 0 Å². The van der Waals surface area contributed by atoms with E-state index in [4.69, 9.17) is 11.6 Å². The fourth-order valence-corrected chi connectivity index (χ4v) is 3.61. The van der Waals surface area contributed by atoms with Crippen molar-refractivity contribution in [2.45, 2.75) is 4.34 Å². The Morgan fingerprint density at radius 2 is 2.12 bits per heavy atom. The number of hydrogen-bond donors (Lipinski definition) is 1. The molecule has 0 atom stereocenters. The fourth-order valence-electron chi connectivity index (χ4n) is 1.86. The van der Waals surface area contributed by atoms with E-state index in [0.717, 1.165) is 15.6 Å². The lowest BCUT2D eigenvalue weighted by Gasteiger charge is -1.98. The van der Waals surface area contributed by atoms with Crippen LogP contribution in [0, 0.1) is 0 Å². The van der Waals surface area contributed by atoms with E-state index in [1.54, 1.807) is 12.3 Å². The first-order valence-corrected chi connectivity index (χ1v) is 9.52. The van der Waals surface area contributed by atoms with Gasteiger partial charge in [-0.2, -0.15) is 5.10 Å². The van der Waals surface area contributed by atoms with Crippen molar-refractivity contribution < 1.29 is 4.79 Å². The topological polar surface area (TPSA) is 67.2 Å². The molecule has 0 aliphatic carbocycles. The molecule has 0 radical (unpaired) electrons. The molecule has 1 amide bonds. The quantitative estimate of drug-likeness (QED) is 0.392. The van der Waals surface area contributed by atoms with Crippen LogP contribution in [0.25, 0.3) is 11.3 Å². The molecule has 0 spiro atoms. The normalized spacial score (nSPS) is 10.9. The average Bonchev–Trinajstić information content (AvgIpc) is 3.10. The molecule has 25 heavy (non-hydrogen) atoms. The highest BCUT2D eigenvalue weighted by Crippen LogP contribution is 2.28. The number of amides is 1. The molecule has 1 N–H and O–H groups in total. The summed E-state index contributed by atoms with van der Waals surface area (Å²) in [6.07, 6.45) is 3.17. The number of pyridine rings is 1. The van der Waals surface area contributed by atoms with Gasteiger partial charge in [-0.25, -0.2) is 10.4 Å². The summed E-state index contributed by atoms with van der Waals surface area (Å²) < 4.78 is 0.828. The number of aromatic nitrogens is 2. The van der Waals surface area contributed by atoms with Gasteiger partial charge in [0, 0.05) is 22.2 Å². The molecule has 126 valence electrons. The third-order valence-corrected chi connectivity index (χ3v) is 5.30. The van der Waals surface area contributed by atoms with Gasteiger partial charge in [-0.15, -0.1) is 11.3 Å². The van der Waals surface area contributed by atoms with Crippen molar-refractivity contribution in [1.82, 2.24) is 15.4 Å². The van der Waals surface area contributed by atoms with Crippen molar-refractivity contribution in [3.63, 3.8) is 0 Å². The second-order valence-electron chi connectivity index (χ2n) is 4.84. The minimum absolute atomic E-state index is 0.194. The molecule has 5 nitrogen and oxygen atoms in total. The standard InChI is InChI=1S/C17H13ClN4OS2/c18-13-6-4-12(5-7-13)15-10-24-17(21-15)25-11-16(23)22-20-9-14-3-1-2-8-19-14/h1-10H,11H2,(H,22,23)/b20-9-. The smallest absolute Gasteiger partial charge is 0.250 e. The summed E-state index contributed by atoms with van der Waals surface area (Å²) in [4.78, 5) is 20.4. The van der Waals surface area contributed by atoms with Crippen molar-refractivity contribution >= 4 is 46.8 Å². The predicted molar refractivity (Wildman–Crippen MR) is 103 cm³/mol. The first kappa shape index (κ1) is 17.6. The predicted octanol–water partition coefficient (Wildman–Crippen LogP) is 4.10. The number of rotatable bonds is 6. The molecular formula is C17H13ClN4OS2. The van der Waals surface area contributed by atoms with Gasteiger partial charge in [0.05, 0.1) is 23.4 Å². The molecule has 0 aliphatic rings. The van der Waals surface area contributed by atoms with E-state index >= 15 is 0 Å². The molecule has 0 fully saturated rings. The van der Waals surface area contributed by atoms with Gasteiger partial charge in [-0.1, -0.05) is 41.6 Å². The van der Waals surface area contributed by atoms with Gasteiger partial charge in [-0.3, -0.25) is 9.78 Å². The summed E-state index contributed by atoms with van der Waals surface area (Å²) in [7, 11) is 0. The maximum absolute atomic E-state index is 11.8. The lowest BCUT2D eigenvalue weighted by molar-refractivity contribution is -0.118. The largest absolute Gasteiger partial charge is 0.272 e. The minimum Gasteiger partial charge on any atom is -0.272 e. The summed E-state index contributed by atoms with van der Waals surface area (Å²) in [6.45, 7) is 0. The van der Waals surface area contributed by atoms with Crippen molar-refractivity contribution in [1.29, 1.82) is 0 Å². The highest BCUT2D eigenvalue weighted by molar-refractivity contribution is 8.01. The number of hydrazone groups is 1. The van der Waals surface area contributed by atoms with E-state index < -0.39 is 0 Å². The number of thiazole rings is 1. The number of nitrogens with one attached hydrogen (secondary N) is 1. The van der Waals surface area contributed by atoms with Gasteiger partial charge < -0.3 is 0 Å². The zero-order valence-corrected chi connectivity index (χ0v) is 15.3. The Morgan fingerprint density at radius 3 is 2.88 bits per heavy atom. The molecule has 0 aliphatic heterocycles. The number of hydrogen-bond acceptors (Lipinski definition) is 6. The van der Waals surface area contributed by atoms with Crippen LogP contribution < -0.4 is 5.43 Å². The lowest BCUT2D eigenvalue weighted by Crippen LogP contribution is -2.19. The minimum atomic E-state index is -0.194. The molecule has 2 heterocycles. The summed E-state index contributed by atoms with van der Waals surface area (Å²) >= 11 is 8.76. The Hall–Kier alpha value is -2.22. The van der Waals surface area contributed by atoms with Crippen molar-refractivity contribution in [3.05, 3.63) is 64.8 Å². The first-order valence-electron chi connectivity index (χ1n) is 7.28. The number of benzene rings is 1. The molecule has 2 aromatic heterocycles. The lowest BCUT2D eigenvalue weighted by atomic mass is 10.2. The van der Waals surface area contributed by atoms with Crippen LogP contribution in [0.4, 0.5) is 0 Å². The number of carbonyl (C=O) groups excluding carboxylic acids is 1. The molecule has 1 aromatic carbocycles. The maximum atomic E-state index is 11.8. The van der Waals surface area contributed by atoms with Crippen molar-refractivity contribution in [2.75, 3.05) is 5.75 Å². The Balaban J connectivity index is 1.49. The Morgan fingerprint density at radius 1 is 1.28 bits per heavy atom. The zero-order valence-electron chi connectivity index (χ0n) is 12.9. The van der Waals surface area contributed by atoms with Crippen LogP contribution in [-0.2, 0) is 4.79 Å². The zero-order chi connectivity index (χ0) is 17.5. The summed E-state index contributed by atoms with van der Waals surface area (Å²) in [5, 5.41) is 6.54. The summed E-state index contributed by atoms with van der Waals surface area (Å²) in [5.41, 5.74) is 5.03. The summed E-state index contributed by atoms with van der Waals surface area (Å²) in [6, 6.07) is 13.0. The van der Waals surface area contributed by atoms with Crippen LogP contribution in [0.3, 0.4) is 0 Å². The van der Waals surface area contributed by atoms with E-state index in [2.05, 4.69) is 20.5 Å². The third kappa shape index (κ3) is 5.38. The van der Waals surface area contributed by atoms with Crippen molar-refractivity contribution in [3.8, 4) is 11.3 Å². The molecule has 0 saturated carbocycles. The highest BCUT2D eigenvalue weighted by atomic mass is 35.5. The number of carbonyl (C=O) groups is 1. The van der Waals surface area contributed by atoms with E-state index in [9.17, 15) is 4.79 Å². The number of thioether (sulfide) groups is 1. The van der Waals surface area contributed by atoms with Crippen LogP contribution >= 0.6 is 34.7 Å². The second kappa shape index (κ2) is 8.75. The van der Waals surface area contributed by atoms with Crippen LogP contribution in [-0.4, -0.2) is 27.8 Å². The van der Waals surface area contributed by atoms with Crippen LogP contribution in [0.2, 0.25) is 5.02 Å². The van der Waals surface area contributed by atoms with Gasteiger partial charge in [-0.05, 0) is 24.3 Å². The maximum Gasteiger partial charge on any atom is 0.250 e. The number of nitrogens with zero attached hydrogens (tertiary/aromatic N) is 3. The Labute approximate surface area is 158 Å². The van der Waals surface area contributed by atoms with Crippen LogP contribution in [0.15, 0.2) is 63.5 Å². The Kier molecular flexibility index (Phi) is 6.16. The molecule has 0 unspecified atom stereocenters. The molecule has 3 aromatic rings. The fraction of sp³-hybridized carbons (Fsp3) is 0.0588. The summed E-state index contributed by atoms with van der Waals surface area (Å²) in [5.74, 6) is 0.0491. The second-order valence-corrected chi connectivity index (χ2v) is 7.36. The van der Waals surface area contributed by atoms with Gasteiger partial charge in [0.25, 0.3) is 5.91 Å². The van der Waals surface area contributed by atoms with Crippen molar-refractivity contribution in [2.24, 2.45) is 5.10 Å². The average molecular weight is 389 g/mol. The molecule has 0 bridgehead atoms. The van der Waals surface area contributed by atoms with Crippen LogP contribution in [0.1, 0.15) is 5.69 Å². The molecular weight excluding hydrogens is 376 g/mol. The van der Waals surface area contributed by atoms with E-state index in [0.29, 0.717) is 10.7 Å². The Bertz CT molecular complexity index is 866. The number of halogens is 1. The molecule has 8 heteroatoms. The monoisotopic (exact) mass is 388 g/mol. The van der Waals surface area contributed by atoms with E-state index in [-0.39, 0.29) is 11.7 Å². The van der Waals surface area contributed by atoms with Gasteiger partial charge in [0.2, 0.25) is 0 Å². The van der Waals surface area contributed by atoms with Crippen LogP contribution in [0.5, 0.6) is 0 Å². The SMILES string of the molecule is O=C(CSc1nc(-c2ccc(Cl)cc2)cs1)N/N=C\c1ccccn1. The van der Waals surface area contributed by atoms with Gasteiger partial charge in [0.15, 0.2) is 4.34 Å². The van der Waals surface area contributed by atoms with Gasteiger partial charge in [0.1, 0.15) is 0 Å². The highest BCUT2D eigenvalue weighted by Gasteiger charge is 2.07. The third-order valence-electron chi connectivity index (χ3n) is 3.02.